The van der Waals surface area contributed by atoms with Gasteiger partial charge in [-0.3, -0.25) is 4.79 Å². The number of carbonyl (C=O) groups excluding carboxylic acids is 1. The molecule has 0 unspecified atom stereocenters. The molecule has 1 amide bonds. The number of aromatic nitrogens is 1. The zero-order chi connectivity index (χ0) is 19.4. The van der Waals surface area contributed by atoms with E-state index in [1.54, 1.807) is 0 Å². The molecule has 0 aliphatic heterocycles. The highest BCUT2D eigenvalue weighted by Gasteiger charge is 2.09. The fourth-order valence-corrected chi connectivity index (χ4v) is 3.97. The number of thiazole rings is 1. The van der Waals surface area contributed by atoms with Crippen molar-refractivity contribution in [3.63, 3.8) is 0 Å². The van der Waals surface area contributed by atoms with Crippen LogP contribution in [-0.4, -0.2) is 17.1 Å². The van der Waals surface area contributed by atoms with Crippen molar-refractivity contribution in [2.75, 3.05) is 6.61 Å². The van der Waals surface area contributed by atoms with Crippen LogP contribution < -0.4 is 9.54 Å². The number of fused-ring (bicyclic) bond motifs is 1. The predicted molar refractivity (Wildman–Crippen MR) is 110 cm³/mol. The van der Waals surface area contributed by atoms with Crippen LogP contribution in [0.4, 0.5) is 0 Å². The maximum atomic E-state index is 12.5. The molecule has 0 spiro atoms. The number of carbonyl (C=O) groups is 1. The number of amides is 1. The predicted octanol–water partition coefficient (Wildman–Crippen LogP) is 4.02. The molecule has 0 fully saturated rings. The van der Waals surface area contributed by atoms with Crippen LogP contribution in [0.3, 0.4) is 0 Å². The van der Waals surface area contributed by atoms with E-state index in [0.717, 1.165) is 21.5 Å². The Morgan fingerprint density at radius 1 is 1.22 bits per heavy atom. The van der Waals surface area contributed by atoms with E-state index in [4.69, 9.17) is 11.2 Å². The van der Waals surface area contributed by atoms with Gasteiger partial charge in [-0.05, 0) is 61.7 Å². The first-order valence-electron chi connectivity index (χ1n) is 8.85. The third-order valence-corrected chi connectivity index (χ3v) is 5.40. The van der Waals surface area contributed by atoms with Crippen molar-refractivity contribution in [1.82, 2.24) is 4.57 Å². The van der Waals surface area contributed by atoms with Gasteiger partial charge in [0.2, 0.25) is 0 Å². The fourth-order valence-electron chi connectivity index (χ4n) is 2.84. The van der Waals surface area contributed by atoms with Gasteiger partial charge in [0.1, 0.15) is 5.75 Å². The van der Waals surface area contributed by atoms with Crippen molar-refractivity contribution in [2.45, 2.75) is 33.7 Å². The Balaban J connectivity index is 1.93. The molecular weight excluding hydrogens is 356 g/mol. The Morgan fingerprint density at radius 2 is 1.93 bits per heavy atom. The number of ether oxygens (including phenoxy) is 1. The first-order chi connectivity index (χ1) is 13.0. The van der Waals surface area contributed by atoms with Gasteiger partial charge in [0.05, 0.1) is 29.8 Å². The molecule has 0 aliphatic carbocycles. The number of hydrogen-bond donors (Lipinski definition) is 0. The molecule has 3 rings (SSSR count). The molecule has 0 radical (unpaired) electrons. The molecule has 3 aromatic rings. The monoisotopic (exact) mass is 378 g/mol. The quantitative estimate of drug-likeness (QED) is 0.630. The van der Waals surface area contributed by atoms with E-state index in [1.165, 1.54) is 22.5 Å². The number of terminal acetylenes is 1. The zero-order valence-electron chi connectivity index (χ0n) is 15.8. The molecule has 0 bridgehead atoms. The maximum absolute atomic E-state index is 12.5. The standard InChI is InChI=1S/C22H22N2O2S/c1-5-11-24-19-12-15(3)16(4)13-20(19)27-22(24)23-21(25)14-17-7-9-18(10-8-17)26-6-2/h1,7-10,12-13H,6,11,14H2,2-4H3. The van der Waals surface area contributed by atoms with Gasteiger partial charge in [-0.25, -0.2) is 0 Å². The van der Waals surface area contributed by atoms with Gasteiger partial charge in [-0.15, -0.1) is 6.42 Å². The first kappa shape index (κ1) is 18.9. The van der Waals surface area contributed by atoms with Gasteiger partial charge < -0.3 is 9.30 Å². The van der Waals surface area contributed by atoms with Gasteiger partial charge in [0, 0.05) is 0 Å². The minimum Gasteiger partial charge on any atom is -0.494 e. The van der Waals surface area contributed by atoms with Crippen LogP contribution >= 0.6 is 11.3 Å². The lowest BCUT2D eigenvalue weighted by Gasteiger charge is -2.04. The normalized spacial score (nSPS) is 11.6. The molecule has 0 N–H and O–H groups in total. The first-order valence-corrected chi connectivity index (χ1v) is 9.66. The fraction of sp³-hybridized carbons (Fsp3) is 0.273. The molecule has 5 heteroatoms. The molecule has 2 aromatic carbocycles. The van der Waals surface area contributed by atoms with Crippen molar-refractivity contribution >= 4 is 27.5 Å². The van der Waals surface area contributed by atoms with Crippen molar-refractivity contribution in [2.24, 2.45) is 4.99 Å². The Kier molecular flexibility index (Phi) is 5.78. The lowest BCUT2D eigenvalue weighted by Crippen LogP contribution is -2.17. The molecule has 0 saturated carbocycles. The molecular formula is C22H22N2O2S. The molecule has 138 valence electrons. The smallest absolute Gasteiger partial charge is 0.252 e. The number of benzene rings is 2. The van der Waals surface area contributed by atoms with Crippen LogP contribution in [0.5, 0.6) is 5.75 Å². The van der Waals surface area contributed by atoms with Gasteiger partial charge >= 0.3 is 0 Å². The van der Waals surface area contributed by atoms with Crippen LogP contribution in [0.1, 0.15) is 23.6 Å². The number of aryl methyl sites for hydroxylation is 2. The summed E-state index contributed by atoms with van der Waals surface area (Å²) in [7, 11) is 0. The highest BCUT2D eigenvalue weighted by molar-refractivity contribution is 7.16. The van der Waals surface area contributed by atoms with Crippen molar-refractivity contribution < 1.29 is 9.53 Å². The lowest BCUT2D eigenvalue weighted by atomic mass is 10.1. The lowest BCUT2D eigenvalue weighted by molar-refractivity contribution is -0.117. The van der Waals surface area contributed by atoms with Gasteiger partial charge in [-0.1, -0.05) is 29.4 Å². The molecule has 1 aromatic heterocycles. The molecule has 27 heavy (non-hydrogen) atoms. The van der Waals surface area contributed by atoms with Crippen LogP contribution in [0.15, 0.2) is 41.4 Å². The van der Waals surface area contributed by atoms with Gasteiger partial charge in [-0.2, -0.15) is 4.99 Å². The SMILES string of the molecule is C#CCn1c(=NC(=O)Cc2ccc(OCC)cc2)sc2cc(C)c(C)cc21. The largest absolute Gasteiger partial charge is 0.494 e. The summed E-state index contributed by atoms with van der Waals surface area (Å²) in [6, 6.07) is 11.8. The van der Waals surface area contributed by atoms with Crippen LogP contribution in [0.2, 0.25) is 0 Å². The van der Waals surface area contributed by atoms with E-state index in [2.05, 4.69) is 36.9 Å². The molecule has 4 nitrogen and oxygen atoms in total. The Morgan fingerprint density at radius 3 is 2.59 bits per heavy atom. The zero-order valence-corrected chi connectivity index (χ0v) is 16.6. The van der Waals surface area contributed by atoms with E-state index >= 15 is 0 Å². The third-order valence-electron chi connectivity index (χ3n) is 4.36. The van der Waals surface area contributed by atoms with E-state index < -0.39 is 0 Å². The van der Waals surface area contributed by atoms with Crippen LogP contribution in [-0.2, 0) is 17.8 Å². The summed E-state index contributed by atoms with van der Waals surface area (Å²) in [5, 5.41) is 0. The van der Waals surface area contributed by atoms with Crippen molar-refractivity contribution in [1.29, 1.82) is 0 Å². The second-order valence-electron chi connectivity index (χ2n) is 6.34. The average Bonchev–Trinajstić information content (AvgIpc) is 2.94. The Hall–Kier alpha value is -2.84. The number of nitrogens with zero attached hydrogens (tertiary/aromatic N) is 2. The van der Waals surface area contributed by atoms with Crippen LogP contribution in [0.25, 0.3) is 10.2 Å². The van der Waals surface area contributed by atoms with Crippen molar-refractivity contribution in [3.8, 4) is 18.1 Å². The highest BCUT2D eigenvalue weighted by Crippen LogP contribution is 2.22. The number of rotatable bonds is 5. The van der Waals surface area contributed by atoms with E-state index in [1.807, 2.05) is 35.8 Å². The second-order valence-corrected chi connectivity index (χ2v) is 7.35. The summed E-state index contributed by atoms with van der Waals surface area (Å²) < 4.78 is 8.45. The molecule has 0 aliphatic rings. The molecule has 0 saturated heterocycles. The minimum atomic E-state index is -0.190. The van der Waals surface area contributed by atoms with Crippen LogP contribution in [0, 0.1) is 26.2 Å². The maximum Gasteiger partial charge on any atom is 0.252 e. The van der Waals surface area contributed by atoms with E-state index in [0.29, 0.717) is 18.0 Å². The Bertz CT molecular complexity index is 1080. The summed E-state index contributed by atoms with van der Waals surface area (Å²) in [6.45, 7) is 7.09. The average molecular weight is 378 g/mol. The Labute approximate surface area is 163 Å². The summed E-state index contributed by atoms with van der Waals surface area (Å²) in [4.78, 5) is 17.5. The molecule has 0 atom stereocenters. The van der Waals surface area contributed by atoms with Gasteiger partial charge in [0.25, 0.3) is 5.91 Å². The minimum absolute atomic E-state index is 0.190. The summed E-state index contributed by atoms with van der Waals surface area (Å²) in [5.74, 6) is 3.27. The van der Waals surface area contributed by atoms with Crippen molar-refractivity contribution in [3.05, 3.63) is 57.9 Å². The number of hydrogen-bond acceptors (Lipinski definition) is 3. The topological polar surface area (TPSA) is 43.6 Å². The van der Waals surface area contributed by atoms with E-state index in [9.17, 15) is 4.79 Å². The second kappa shape index (κ2) is 8.24. The summed E-state index contributed by atoms with van der Waals surface area (Å²) >= 11 is 1.49. The van der Waals surface area contributed by atoms with E-state index in [-0.39, 0.29) is 12.3 Å². The summed E-state index contributed by atoms with van der Waals surface area (Å²) in [6.07, 6.45) is 5.78. The highest BCUT2D eigenvalue weighted by atomic mass is 32.1. The summed E-state index contributed by atoms with van der Waals surface area (Å²) in [5.41, 5.74) is 4.33. The molecule has 1 heterocycles. The third kappa shape index (κ3) is 4.29. The van der Waals surface area contributed by atoms with Gasteiger partial charge in [0.15, 0.2) is 4.80 Å².